The summed E-state index contributed by atoms with van der Waals surface area (Å²) in [5.74, 6) is 0.977. The van der Waals surface area contributed by atoms with Crippen molar-refractivity contribution in [3.63, 3.8) is 0 Å². The lowest BCUT2D eigenvalue weighted by molar-refractivity contribution is 0.423. The monoisotopic (exact) mass is 328 g/mol. The lowest BCUT2D eigenvalue weighted by Gasteiger charge is -2.28. The van der Waals surface area contributed by atoms with E-state index in [1.807, 2.05) is 0 Å². The van der Waals surface area contributed by atoms with E-state index in [2.05, 4.69) is 77.5 Å². The van der Waals surface area contributed by atoms with E-state index in [0.29, 0.717) is 11.7 Å². The van der Waals surface area contributed by atoms with Gasteiger partial charge in [-0.15, -0.1) is 0 Å². The van der Waals surface area contributed by atoms with Crippen molar-refractivity contribution in [2.24, 2.45) is 5.92 Å². The number of nitrogens with zero attached hydrogens (tertiary/aromatic N) is 1. The number of imidazole rings is 1. The molecule has 132 valence electrons. The molecule has 0 bridgehead atoms. The normalized spacial score (nSPS) is 12.9. The third kappa shape index (κ3) is 3.82. The first-order valence-corrected chi connectivity index (χ1v) is 8.82. The van der Waals surface area contributed by atoms with Gasteiger partial charge in [-0.2, -0.15) is 0 Å². The number of aromatic amines is 1. The Morgan fingerprint density at radius 1 is 1.00 bits per heavy atom. The van der Waals surface area contributed by atoms with Gasteiger partial charge in [0.1, 0.15) is 5.75 Å². The molecular weight excluding hydrogens is 296 g/mol. The Bertz CT molecular complexity index is 677. The van der Waals surface area contributed by atoms with Crippen LogP contribution in [0, 0.1) is 5.92 Å². The topological polar surface area (TPSA) is 48.9 Å². The average Bonchev–Trinajstić information content (AvgIpc) is 2.83. The van der Waals surface area contributed by atoms with Crippen molar-refractivity contribution in [1.29, 1.82) is 0 Å². The minimum Gasteiger partial charge on any atom is -0.507 e. The van der Waals surface area contributed by atoms with Crippen LogP contribution in [-0.2, 0) is 17.3 Å². The van der Waals surface area contributed by atoms with Crippen molar-refractivity contribution >= 4 is 0 Å². The fraction of sp³-hybridized carbons (Fsp3) is 0.571. The molecule has 0 unspecified atom stereocenters. The van der Waals surface area contributed by atoms with Crippen molar-refractivity contribution in [1.82, 2.24) is 9.97 Å². The van der Waals surface area contributed by atoms with Gasteiger partial charge in [-0.25, -0.2) is 4.98 Å². The van der Waals surface area contributed by atoms with Crippen LogP contribution in [0.4, 0.5) is 0 Å². The highest BCUT2D eigenvalue weighted by Crippen LogP contribution is 2.42. The van der Waals surface area contributed by atoms with Crippen LogP contribution in [0.1, 0.15) is 72.2 Å². The molecular formula is C21H32N2O. The van der Waals surface area contributed by atoms with Gasteiger partial charge in [-0.3, -0.25) is 0 Å². The second kappa shape index (κ2) is 6.27. The number of hydrogen-bond donors (Lipinski definition) is 2. The molecule has 1 heterocycles. The van der Waals surface area contributed by atoms with Crippen LogP contribution in [0.15, 0.2) is 18.5 Å². The molecule has 2 aromatic rings. The molecule has 0 aliphatic carbocycles. The Morgan fingerprint density at radius 2 is 1.50 bits per heavy atom. The predicted molar refractivity (Wildman–Crippen MR) is 102 cm³/mol. The number of aromatic hydroxyl groups is 1. The molecule has 1 aromatic heterocycles. The van der Waals surface area contributed by atoms with E-state index in [-0.39, 0.29) is 10.8 Å². The molecule has 1 aromatic carbocycles. The zero-order valence-electron chi connectivity index (χ0n) is 16.4. The summed E-state index contributed by atoms with van der Waals surface area (Å²) in [6, 6.07) is 4.20. The maximum absolute atomic E-state index is 10.9. The molecule has 24 heavy (non-hydrogen) atoms. The lowest BCUT2D eigenvalue weighted by atomic mass is 9.78. The van der Waals surface area contributed by atoms with Crippen molar-refractivity contribution in [3.05, 3.63) is 35.3 Å². The zero-order chi connectivity index (χ0) is 18.3. The molecule has 0 aliphatic heterocycles. The van der Waals surface area contributed by atoms with Crippen LogP contribution in [0.3, 0.4) is 0 Å². The maximum Gasteiger partial charge on any atom is 0.123 e. The van der Waals surface area contributed by atoms with Crippen LogP contribution >= 0.6 is 0 Å². The molecule has 0 amide bonds. The van der Waals surface area contributed by atoms with Crippen LogP contribution in [-0.4, -0.2) is 15.1 Å². The molecule has 0 fully saturated rings. The number of aromatic nitrogens is 2. The largest absolute Gasteiger partial charge is 0.507 e. The van der Waals surface area contributed by atoms with Crippen molar-refractivity contribution in [3.8, 4) is 17.0 Å². The average molecular weight is 329 g/mol. The van der Waals surface area contributed by atoms with Gasteiger partial charge in [0.05, 0.1) is 12.0 Å². The van der Waals surface area contributed by atoms with Gasteiger partial charge < -0.3 is 10.1 Å². The quantitative estimate of drug-likeness (QED) is 0.773. The van der Waals surface area contributed by atoms with E-state index in [4.69, 9.17) is 0 Å². The lowest BCUT2D eigenvalue weighted by Crippen LogP contribution is -2.17. The fourth-order valence-corrected chi connectivity index (χ4v) is 3.05. The molecule has 0 aliphatic rings. The van der Waals surface area contributed by atoms with Gasteiger partial charge >= 0.3 is 0 Å². The number of rotatable bonds is 3. The van der Waals surface area contributed by atoms with Crippen LogP contribution in [0.5, 0.6) is 5.75 Å². The molecule has 3 heteroatoms. The summed E-state index contributed by atoms with van der Waals surface area (Å²) in [5, 5.41) is 10.9. The minimum absolute atomic E-state index is 0.130. The second-order valence-electron chi connectivity index (χ2n) is 9.25. The third-order valence-electron chi connectivity index (χ3n) is 4.33. The van der Waals surface area contributed by atoms with Gasteiger partial charge in [-0.05, 0) is 35.3 Å². The van der Waals surface area contributed by atoms with Gasteiger partial charge in [0.2, 0.25) is 0 Å². The summed E-state index contributed by atoms with van der Waals surface area (Å²) in [6.07, 6.45) is 2.74. The van der Waals surface area contributed by atoms with E-state index >= 15 is 0 Å². The van der Waals surface area contributed by atoms with Gasteiger partial charge in [0, 0.05) is 22.4 Å². The van der Waals surface area contributed by atoms with Crippen LogP contribution in [0.25, 0.3) is 11.3 Å². The molecule has 2 N–H and O–H groups in total. The molecule has 3 nitrogen and oxygen atoms in total. The van der Waals surface area contributed by atoms with E-state index in [1.54, 1.807) is 6.33 Å². The predicted octanol–water partition coefficient (Wildman–Crippen LogP) is 5.58. The SMILES string of the molecule is CC(C)Cc1[nH]cnc1-c1cc(C(C)(C)C)c(O)c(C(C)(C)C)c1. The number of phenols is 1. The summed E-state index contributed by atoms with van der Waals surface area (Å²) in [7, 11) is 0. The molecule has 0 saturated carbocycles. The number of hydrogen-bond acceptors (Lipinski definition) is 2. The summed E-state index contributed by atoms with van der Waals surface area (Å²) >= 11 is 0. The minimum atomic E-state index is -0.130. The summed E-state index contributed by atoms with van der Waals surface area (Å²) in [6.45, 7) is 17.2. The van der Waals surface area contributed by atoms with Crippen molar-refractivity contribution < 1.29 is 5.11 Å². The first-order valence-electron chi connectivity index (χ1n) is 8.82. The van der Waals surface area contributed by atoms with Crippen LogP contribution < -0.4 is 0 Å². The van der Waals surface area contributed by atoms with Gasteiger partial charge in [0.25, 0.3) is 0 Å². The molecule has 0 radical (unpaired) electrons. The smallest absolute Gasteiger partial charge is 0.123 e. The first kappa shape index (κ1) is 18.6. The highest BCUT2D eigenvalue weighted by molar-refractivity contribution is 5.68. The van der Waals surface area contributed by atoms with E-state index in [9.17, 15) is 5.11 Å². The Kier molecular flexibility index (Phi) is 4.85. The molecule has 0 atom stereocenters. The summed E-state index contributed by atoms with van der Waals surface area (Å²) in [4.78, 5) is 7.87. The molecule has 0 saturated heterocycles. The summed E-state index contributed by atoms with van der Waals surface area (Å²) in [5.41, 5.74) is 4.94. The zero-order valence-corrected chi connectivity index (χ0v) is 16.4. The third-order valence-corrected chi connectivity index (χ3v) is 4.33. The standard InChI is InChI=1S/C21H32N2O/c1-13(2)9-17-18(23-12-22-17)14-10-15(20(3,4)5)19(24)16(11-14)21(6,7)8/h10-13,24H,9H2,1-8H3,(H,22,23). The number of nitrogens with one attached hydrogen (secondary N) is 1. The van der Waals surface area contributed by atoms with Gasteiger partial charge in [-0.1, -0.05) is 55.4 Å². The Labute approximate surface area is 146 Å². The second-order valence-corrected chi connectivity index (χ2v) is 9.25. The number of phenolic OH excluding ortho intramolecular Hbond substituents is 1. The number of H-pyrrole nitrogens is 1. The maximum atomic E-state index is 10.9. The van der Waals surface area contributed by atoms with E-state index in [1.165, 1.54) is 0 Å². The Hall–Kier alpha value is -1.77. The summed E-state index contributed by atoms with van der Waals surface area (Å²) < 4.78 is 0. The highest BCUT2D eigenvalue weighted by atomic mass is 16.3. The Morgan fingerprint density at radius 3 is 1.92 bits per heavy atom. The molecule has 2 rings (SSSR count). The van der Waals surface area contributed by atoms with Crippen LogP contribution in [0.2, 0.25) is 0 Å². The van der Waals surface area contributed by atoms with Gasteiger partial charge in [0.15, 0.2) is 0 Å². The van der Waals surface area contributed by atoms with Crippen molar-refractivity contribution in [2.45, 2.75) is 72.6 Å². The first-order chi connectivity index (χ1) is 10.9. The molecule has 0 spiro atoms. The number of benzene rings is 1. The fourth-order valence-electron chi connectivity index (χ4n) is 3.05. The van der Waals surface area contributed by atoms with E-state index in [0.717, 1.165) is 34.5 Å². The van der Waals surface area contributed by atoms with E-state index < -0.39 is 0 Å². The van der Waals surface area contributed by atoms with Crippen molar-refractivity contribution in [2.75, 3.05) is 0 Å². The highest BCUT2D eigenvalue weighted by Gasteiger charge is 2.27. The Balaban J connectivity index is 2.70.